The summed E-state index contributed by atoms with van der Waals surface area (Å²) in [6, 6.07) is 8.11. The monoisotopic (exact) mass is 408 g/mol. The Morgan fingerprint density at radius 3 is 2.21 bits per heavy atom. The molecule has 3 rings (SSSR count). The van der Waals surface area contributed by atoms with E-state index in [9.17, 15) is 8.42 Å². The van der Waals surface area contributed by atoms with Gasteiger partial charge < -0.3 is 23.5 Å². The molecule has 0 bridgehead atoms. The summed E-state index contributed by atoms with van der Waals surface area (Å²) in [7, 11) is 1.68. The van der Waals surface area contributed by atoms with E-state index in [2.05, 4.69) is 9.88 Å². The molecule has 0 aliphatic carbocycles. The molecule has 0 radical (unpaired) electrons. The minimum Gasteiger partial charge on any atom is -0.496 e. The number of ether oxygens (including phenoxy) is 4. The van der Waals surface area contributed by atoms with Crippen LogP contribution < -0.4 is 18.9 Å². The van der Waals surface area contributed by atoms with Crippen molar-refractivity contribution in [1.82, 2.24) is 5.16 Å². The maximum Gasteiger partial charge on any atom is 0.270 e. The Morgan fingerprint density at radius 2 is 1.64 bits per heavy atom. The second-order valence-corrected chi connectivity index (χ2v) is 7.35. The number of nitrogens with one attached hydrogen (secondary N) is 1. The Bertz CT molecular complexity index is 1070. The van der Waals surface area contributed by atoms with E-state index < -0.39 is 10.0 Å². The van der Waals surface area contributed by atoms with Gasteiger partial charge >= 0.3 is 0 Å². The molecule has 3 aromatic rings. The van der Waals surface area contributed by atoms with Crippen LogP contribution in [0.1, 0.15) is 5.56 Å². The van der Waals surface area contributed by atoms with E-state index in [-0.39, 0.29) is 22.2 Å². The summed E-state index contributed by atoms with van der Waals surface area (Å²) in [6.07, 6.45) is 0. The molecule has 9 nitrogen and oxygen atoms in total. The standard InChI is InChI=1S/C18H20N2O7S/c1-23-10-11-8-14(26-4)16-15(9-11)27-19-18(16)20-28(21,22)17-12(24-2)6-5-7-13(17)25-3/h5-9H,10H2,1-4H3,(H,19,20). The van der Waals surface area contributed by atoms with Crippen LogP contribution in [-0.4, -0.2) is 42.0 Å². The third kappa shape index (κ3) is 3.56. The third-order valence-electron chi connectivity index (χ3n) is 4.01. The second-order valence-electron chi connectivity index (χ2n) is 5.73. The molecular weight excluding hydrogens is 388 g/mol. The zero-order valence-corrected chi connectivity index (χ0v) is 16.6. The summed E-state index contributed by atoms with van der Waals surface area (Å²) >= 11 is 0. The molecule has 0 unspecified atom stereocenters. The fourth-order valence-electron chi connectivity index (χ4n) is 2.83. The van der Waals surface area contributed by atoms with Crippen LogP contribution in [0.25, 0.3) is 11.0 Å². The van der Waals surface area contributed by atoms with Crippen LogP contribution >= 0.6 is 0 Å². The molecule has 2 aromatic carbocycles. The average Bonchev–Trinajstić information content (AvgIpc) is 3.08. The molecule has 0 saturated carbocycles. The topological polar surface area (TPSA) is 109 Å². The van der Waals surface area contributed by atoms with Crippen molar-refractivity contribution in [2.24, 2.45) is 0 Å². The van der Waals surface area contributed by atoms with E-state index in [1.165, 1.54) is 33.5 Å². The molecule has 0 amide bonds. The van der Waals surface area contributed by atoms with Gasteiger partial charge in [-0.1, -0.05) is 11.2 Å². The zero-order chi connectivity index (χ0) is 20.3. The molecule has 0 atom stereocenters. The lowest BCUT2D eigenvalue weighted by Gasteiger charge is -2.14. The van der Waals surface area contributed by atoms with Gasteiger partial charge in [0.25, 0.3) is 10.0 Å². The summed E-state index contributed by atoms with van der Waals surface area (Å²) in [5, 5.41) is 4.25. The minimum atomic E-state index is -4.11. The molecule has 1 heterocycles. The van der Waals surface area contributed by atoms with Gasteiger partial charge in [0.15, 0.2) is 16.3 Å². The van der Waals surface area contributed by atoms with E-state index in [4.69, 9.17) is 23.5 Å². The van der Waals surface area contributed by atoms with Crippen molar-refractivity contribution in [1.29, 1.82) is 0 Å². The van der Waals surface area contributed by atoms with Crippen LogP contribution in [0.3, 0.4) is 0 Å². The van der Waals surface area contributed by atoms with E-state index in [1.807, 2.05) is 0 Å². The van der Waals surface area contributed by atoms with Gasteiger partial charge in [-0.05, 0) is 29.8 Å². The Labute approximate surface area is 162 Å². The molecular formula is C18H20N2O7S. The maximum absolute atomic E-state index is 13.1. The smallest absolute Gasteiger partial charge is 0.270 e. The summed E-state index contributed by atoms with van der Waals surface area (Å²) in [4.78, 5) is -0.147. The number of hydrogen-bond donors (Lipinski definition) is 1. The van der Waals surface area contributed by atoms with Gasteiger partial charge in [-0.3, -0.25) is 4.72 Å². The minimum absolute atomic E-state index is 0.0104. The van der Waals surface area contributed by atoms with Crippen LogP contribution in [0, 0.1) is 0 Å². The first-order valence-electron chi connectivity index (χ1n) is 8.14. The Balaban J connectivity index is 2.10. The number of benzene rings is 2. The normalized spacial score (nSPS) is 11.4. The number of hydrogen-bond acceptors (Lipinski definition) is 8. The first kappa shape index (κ1) is 19.8. The molecule has 0 aliphatic rings. The first-order chi connectivity index (χ1) is 13.4. The Hall–Kier alpha value is -2.98. The van der Waals surface area contributed by atoms with Gasteiger partial charge in [-0.2, -0.15) is 0 Å². The number of rotatable bonds is 8. The van der Waals surface area contributed by atoms with Gasteiger partial charge in [0.1, 0.15) is 22.6 Å². The number of fused-ring (bicyclic) bond motifs is 1. The van der Waals surface area contributed by atoms with Gasteiger partial charge in [0.05, 0.1) is 27.9 Å². The SMILES string of the molecule is COCc1cc(OC)c2c(NS(=O)(=O)c3c(OC)cccc3OC)noc2c1. The van der Waals surface area contributed by atoms with Gasteiger partial charge in [0.2, 0.25) is 0 Å². The van der Waals surface area contributed by atoms with Crippen molar-refractivity contribution in [3.05, 3.63) is 35.9 Å². The highest BCUT2D eigenvalue weighted by molar-refractivity contribution is 7.93. The fraction of sp³-hybridized carbons (Fsp3) is 0.278. The molecule has 0 aliphatic heterocycles. The molecule has 0 fully saturated rings. The molecule has 1 aromatic heterocycles. The molecule has 0 spiro atoms. The average molecular weight is 408 g/mol. The van der Waals surface area contributed by atoms with Crippen molar-refractivity contribution in [2.45, 2.75) is 11.5 Å². The fourth-order valence-corrected chi connectivity index (χ4v) is 4.16. The molecule has 1 N–H and O–H groups in total. The van der Waals surface area contributed by atoms with E-state index >= 15 is 0 Å². The van der Waals surface area contributed by atoms with Gasteiger partial charge in [0, 0.05) is 7.11 Å². The van der Waals surface area contributed by atoms with Crippen LogP contribution in [-0.2, 0) is 21.4 Å². The van der Waals surface area contributed by atoms with Crippen LogP contribution in [0.4, 0.5) is 5.82 Å². The van der Waals surface area contributed by atoms with E-state index in [0.29, 0.717) is 23.3 Å². The quantitative estimate of drug-likeness (QED) is 0.606. The van der Waals surface area contributed by atoms with Crippen molar-refractivity contribution < 1.29 is 31.9 Å². The second kappa shape index (κ2) is 7.95. The number of nitrogens with zero attached hydrogens (tertiary/aromatic N) is 1. The summed E-state index contributed by atoms with van der Waals surface area (Å²) in [5.41, 5.74) is 1.15. The van der Waals surface area contributed by atoms with Crippen molar-refractivity contribution in [2.75, 3.05) is 33.2 Å². The Kier molecular flexibility index (Phi) is 5.61. The van der Waals surface area contributed by atoms with E-state index in [1.54, 1.807) is 25.3 Å². The molecule has 28 heavy (non-hydrogen) atoms. The lowest BCUT2D eigenvalue weighted by Crippen LogP contribution is -2.15. The predicted octanol–water partition coefficient (Wildman–Crippen LogP) is 2.80. The molecule has 150 valence electrons. The lowest BCUT2D eigenvalue weighted by atomic mass is 10.1. The number of sulfonamides is 1. The summed E-state index contributed by atoms with van der Waals surface area (Å²) in [6.45, 7) is 0.340. The van der Waals surface area contributed by atoms with Crippen molar-refractivity contribution in [3.8, 4) is 17.2 Å². The van der Waals surface area contributed by atoms with Crippen LogP contribution in [0.15, 0.2) is 39.8 Å². The Morgan fingerprint density at radius 1 is 1.00 bits per heavy atom. The predicted molar refractivity (Wildman–Crippen MR) is 102 cm³/mol. The largest absolute Gasteiger partial charge is 0.496 e. The highest BCUT2D eigenvalue weighted by atomic mass is 32.2. The first-order valence-corrected chi connectivity index (χ1v) is 9.62. The molecule has 10 heteroatoms. The highest BCUT2D eigenvalue weighted by Gasteiger charge is 2.27. The summed E-state index contributed by atoms with van der Waals surface area (Å²) in [5.74, 6) is 0.655. The van der Waals surface area contributed by atoms with Crippen molar-refractivity contribution in [3.63, 3.8) is 0 Å². The number of methoxy groups -OCH3 is 4. The van der Waals surface area contributed by atoms with Crippen molar-refractivity contribution >= 4 is 26.8 Å². The number of anilines is 1. The van der Waals surface area contributed by atoms with E-state index in [0.717, 1.165) is 5.56 Å². The third-order valence-corrected chi connectivity index (χ3v) is 5.41. The van der Waals surface area contributed by atoms with Crippen LogP contribution in [0.2, 0.25) is 0 Å². The zero-order valence-electron chi connectivity index (χ0n) is 15.8. The lowest BCUT2D eigenvalue weighted by molar-refractivity contribution is 0.184. The van der Waals surface area contributed by atoms with Gasteiger partial charge in [-0.15, -0.1) is 0 Å². The van der Waals surface area contributed by atoms with Gasteiger partial charge in [-0.25, -0.2) is 8.42 Å². The highest BCUT2D eigenvalue weighted by Crippen LogP contribution is 2.38. The van der Waals surface area contributed by atoms with Crippen LogP contribution in [0.5, 0.6) is 17.2 Å². The number of aromatic nitrogens is 1. The molecule has 0 saturated heterocycles. The summed E-state index contributed by atoms with van der Waals surface area (Å²) < 4.78 is 54.7. The maximum atomic E-state index is 13.1.